The second-order valence-corrected chi connectivity index (χ2v) is 7.80. The number of hydrogen-bond acceptors (Lipinski definition) is 13. The smallest absolute Gasteiger partial charge is 0.351 e. The van der Waals surface area contributed by atoms with Gasteiger partial charge in [-0.25, -0.2) is 24.7 Å². The second kappa shape index (κ2) is 10.4. The van der Waals surface area contributed by atoms with Crippen LogP contribution < -0.4 is 16.9 Å². The standard InChI is InChI=1S/C20H24N4O10/c1-9(2)18(27)34-23-12-6-7-24(20(29)22-12)17-16-15(32-13(25)4-5-14(26)33-16)11(31-17)8-30-19(28)10(3)21/h4-7,9-11,15-17H,8,21H2,1-3H3,(H,22,23,29)/b5-4-/t10-,11-,15-,16-,17-/m1/s1. The van der Waals surface area contributed by atoms with Crippen LogP contribution in [0.2, 0.25) is 0 Å². The highest BCUT2D eigenvalue weighted by atomic mass is 16.7. The van der Waals surface area contributed by atoms with Gasteiger partial charge in [0.05, 0.1) is 5.92 Å². The maximum atomic E-state index is 12.7. The molecule has 0 spiro atoms. The van der Waals surface area contributed by atoms with Crippen LogP contribution in [0, 0.1) is 5.92 Å². The fraction of sp³-hybridized carbons (Fsp3) is 0.500. The summed E-state index contributed by atoms with van der Waals surface area (Å²) < 4.78 is 22.5. The molecule has 0 radical (unpaired) electrons. The number of ether oxygens (including phenoxy) is 4. The van der Waals surface area contributed by atoms with Crippen LogP contribution in [0.4, 0.5) is 5.82 Å². The molecule has 2 aliphatic heterocycles. The lowest BCUT2D eigenvalue weighted by atomic mass is 10.1. The molecule has 1 aromatic rings. The molecular weight excluding hydrogens is 456 g/mol. The highest BCUT2D eigenvalue weighted by molar-refractivity contribution is 5.92. The average Bonchev–Trinajstić information content (AvgIpc) is 3.09. The van der Waals surface area contributed by atoms with E-state index in [2.05, 4.69) is 10.5 Å². The van der Waals surface area contributed by atoms with E-state index in [1.165, 1.54) is 19.2 Å². The van der Waals surface area contributed by atoms with E-state index >= 15 is 0 Å². The van der Waals surface area contributed by atoms with Gasteiger partial charge < -0.3 is 29.5 Å². The summed E-state index contributed by atoms with van der Waals surface area (Å²) in [6.45, 7) is 4.29. The molecule has 3 heterocycles. The molecule has 34 heavy (non-hydrogen) atoms. The van der Waals surface area contributed by atoms with Crippen LogP contribution in [-0.2, 0) is 43.0 Å². The Labute approximate surface area is 192 Å². The summed E-state index contributed by atoms with van der Waals surface area (Å²) in [6, 6.07) is 0.401. The van der Waals surface area contributed by atoms with Crippen LogP contribution in [-0.4, -0.2) is 64.4 Å². The van der Waals surface area contributed by atoms with Gasteiger partial charge in [0.1, 0.15) is 18.8 Å². The maximum Gasteiger partial charge on any atom is 0.351 e. The van der Waals surface area contributed by atoms with Crippen molar-refractivity contribution in [2.75, 3.05) is 12.1 Å². The van der Waals surface area contributed by atoms with E-state index in [1.807, 2.05) is 0 Å². The first-order valence-corrected chi connectivity index (χ1v) is 10.3. The Bertz CT molecular complexity index is 1050. The predicted molar refractivity (Wildman–Crippen MR) is 110 cm³/mol. The van der Waals surface area contributed by atoms with E-state index in [-0.39, 0.29) is 12.4 Å². The Kier molecular flexibility index (Phi) is 7.63. The zero-order valence-corrected chi connectivity index (χ0v) is 18.5. The third-order valence-electron chi connectivity index (χ3n) is 4.74. The minimum Gasteiger partial charge on any atom is -0.462 e. The van der Waals surface area contributed by atoms with Crippen LogP contribution in [0.25, 0.3) is 0 Å². The van der Waals surface area contributed by atoms with Gasteiger partial charge in [-0.15, -0.1) is 0 Å². The molecule has 0 aliphatic carbocycles. The number of esters is 3. The SMILES string of the molecule is CC(C)C(=O)ONc1ccn([C@@H]2O[C@H](COC(=O)[C@@H](C)N)[C@H]3OC(=O)/C=C\C(=O)O[C@H]32)c(=O)n1. The summed E-state index contributed by atoms with van der Waals surface area (Å²) in [5, 5.41) is 0. The Hall–Kier alpha value is -3.78. The lowest BCUT2D eigenvalue weighted by Gasteiger charge is -2.25. The fourth-order valence-corrected chi connectivity index (χ4v) is 3.00. The van der Waals surface area contributed by atoms with E-state index in [1.54, 1.807) is 13.8 Å². The number of nitrogens with one attached hydrogen (secondary N) is 1. The predicted octanol–water partition coefficient (Wildman–Crippen LogP) is -1.05. The topological polar surface area (TPSA) is 187 Å². The van der Waals surface area contributed by atoms with Crippen molar-refractivity contribution in [3.63, 3.8) is 0 Å². The Balaban J connectivity index is 1.85. The number of hydrogen-bond donors (Lipinski definition) is 2. The van der Waals surface area contributed by atoms with E-state index in [0.717, 1.165) is 16.7 Å². The molecule has 0 bridgehead atoms. The van der Waals surface area contributed by atoms with Crippen LogP contribution >= 0.6 is 0 Å². The maximum absolute atomic E-state index is 12.7. The van der Waals surface area contributed by atoms with Crippen molar-refractivity contribution in [3.05, 3.63) is 34.9 Å². The van der Waals surface area contributed by atoms with E-state index in [4.69, 9.17) is 29.5 Å². The molecule has 1 saturated heterocycles. The van der Waals surface area contributed by atoms with Gasteiger partial charge in [0.25, 0.3) is 0 Å². The van der Waals surface area contributed by atoms with Crippen LogP contribution in [0.5, 0.6) is 0 Å². The Morgan fingerprint density at radius 1 is 1.12 bits per heavy atom. The number of rotatable bonds is 7. The highest BCUT2D eigenvalue weighted by Gasteiger charge is 2.51. The minimum absolute atomic E-state index is 0.0590. The first kappa shape index (κ1) is 24.9. The van der Waals surface area contributed by atoms with Crippen molar-refractivity contribution in [1.82, 2.24) is 9.55 Å². The average molecular weight is 480 g/mol. The van der Waals surface area contributed by atoms with Crippen molar-refractivity contribution >= 4 is 29.7 Å². The monoisotopic (exact) mass is 480 g/mol. The summed E-state index contributed by atoms with van der Waals surface area (Å²) in [5.74, 6) is -3.48. The lowest BCUT2D eigenvalue weighted by Crippen LogP contribution is -2.43. The van der Waals surface area contributed by atoms with Gasteiger partial charge in [-0.05, 0) is 6.92 Å². The summed E-state index contributed by atoms with van der Waals surface area (Å²) in [5.41, 5.74) is 6.90. The molecular formula is C20H24N4O10. The number of carbonyl (C=O) groups excluding carboxylic acids is 4. The van der Waals surface area contributed by atoms with E-state index in [9.17, 15) is 24.0 Å². The molecule has 14 nitrogen and oxygen atoms in total. The number of nitrogens with two attached hydrogens (primary N) is 1. The molecule has 0 saturated carbocycles. The van der Waals surface area contributed by atoms with Crippen LogP contribution in [0.3, 0.4) is 0 Å². The molecule has 5 atom stereocenters. The Morgan fingerprint density at radius 2 is 1.76 bits per heavy atom. The van der Waals surface area contributed by atoms with Gasteiger partial charge in [0.2, 0.25) is 0 Å². The number of carbonyl (C=O) groups is 4. The lowest BCUT2D eigenvalue weighted by molar-refractivity contribution is -0.165. The van der Waals surface area contributed by atoms with Crippen molar-refractivity contribution in [3.8, 4) is 0 Å². The third-order valence-corrected chi connectivity index (χ3v) is 4.74. The molecule has 1 aromatic heterocycles. The largest absolute Gasteiger partial charge is 0.462 e. The minimum atomic E-state index is -1.28. The second-order valence-electron chi connectivity index (χ2n) is 7.80. The van der Waals surface area contributed by atoms with Gasteiger partial charge in [-0.2, -0.15) is 4.98 Å². The highest BCUT2D eigenvalue weighted by Crippen LogP contribution is 2.34. The summed E-state index contributed by atoms with van der Waals surface area (Å²) >= 11 is 0. The van der Waals surface area contributed by atoms with E-state index in [0.29, 0.717) is 0 Å². The van der Waals surface area contributed by atoms with Gasteiger partial charge in [0.15, 0.2) is 24.3 Å². The fourth-order valence-electron chi connectivity index (χ4n) is 3.00. The van der Waals surface area contributed by atoms with Crippen molar-refractivity contribution < 1.29 is 43.0 Å². The van der Waals surface area contributed by atoms with Crippen molar-refractivity contribution in [1.29, 1.82) is 0 Å². The first-order chi connectivity index (χ1) is 16.1. The quantitative estimate of drug-likeness (QED) is 0.274. The summed E-state index contributed by atoms with van der Waals surface area (Å²) in [7, 11) is 0. The molecule has 0 unspecified atom stereocenters. The van der Waals surface area contributed by atoms with E-state index < -0.39 is 66.1 Å². The van der Waals surface area contributed by atoms with Crippen LogP contribution in [0.1, 0.15) is 27.0 Å². The van der Waals surface area contributed by atoms with Crippen molar-refractivity contribution in [2.24, 2.45) is 11.7 Å². The molecule has 184 valence electrons. The van der Waals surface area contributed by atoms with Gasteiger partial charge in [-0.3, -0.25) is 9.36 Å². The molecule has 3 rings (SSSR count). The normalized spacial score (nSPS) is 25.8. The van der Waals surface area contributed by atoms with Crippen LogP contribution in [0.15, 0.2) is 29.2 Å². The summed E-state index contributed by atoms with van der Waals surface area (Å²) in [4.78, 5) is 68.7. The number of anilines is 1. The van der Waals surface area contributed by atoms with Gasteiger partial charge in [0, 0.05) is 24.4 Å². The molecule has 0 aromatic carbocycles. The molecule has 3 N–H and O–H groups in total. The molecule has 14 heteroatoms. The molecule has 1 fully saturated rings. The number of aromatic nitrogens is 2. The van der Waals surface area contributed by atoms with Crippen molar-refractivity contribution in [2.45, 2.75) is 51.4 Å². The summed E-state index contributed by atoms with van der Waals surface area (Å²) in [6.07, 6.45) is -1.83. The van der Waals surface area contributed by atoms with Gasteiger partial charge in [-0.1, -0.05) is 13.8 Å². The zero-order valence-electron chi connectivity index (χ0n) is 18.5. The number of fused-ring (bicyclic) bond motifs is 1. The molecule has 0 amide bonds. The molecule has 2 aliphatic rings. The van der Waals surface area contributed by atoms with Gasteiger partial charge >= 0.3 is 29.6 Å². The Morgan fingerprint density at radius 3 is 2.35 bits per heavy atom. The third kappa shape index (κ3) is 5.77. The first-order valence-electron chi connectivity index (χ1n) is 10.3. The zero-order chi connectivity index (χ0) is 25.0. The number of nitrogens with zero attached hydrogens (tertiary/aromatic N) is 2.